The largest absolute Gasteiger partial charge is 0.416 e. The second kappa shape index (κ2) is 10.3. The molecule has 7 heteroatoms. The molecule has 0 spiro atoms. The first-order chi connectivity index (χ1) is 14.4. The number of hydrogen-bond donors (Lipinski definition) is 1. The Balaban J connectivity index is 1.45. The van der Waals surface area contributed by atoms with Crippen molar-refractivity contribution in [3.05, 3.63) is 65.7 Å². The summed E-state index contributed by atoms with van der Waals surface area (Å²) in [5.74, 6) is 0. The van der Waals surface area contributed by atoms with Crippen molar-refractivity contribution in [1.29, 1.82) is 0 Å². The molecule has 1 saturated heterocycles. The van der Waals surface area contributed by atoms with Gasteiger partial charge in [-0.3, -0.25) is 4.90 Å². The minimum atomic E-state index is -4.34. The zero-order valence-corrected chi connectivity index (χ0v) is 17.2. The number of benzene rings is 2. The van der Waals surface area contributed by atoms with E-state index in [9.17, 15) is 18.3 Å². The van der Waals surface area contributed by atoms with E-state index in [2.05, 4.69) is 11.8 Å². The molecule has 2 unspecified atom stereocenters. The maximum atomic E-state index is 12.9. The Morgan fingerprint density at radius 3 is 2.33 bits per heavy atom. The fraction of sp³-hybridized carbons (Fsp3) is 0.478. The van der Waals surface area contributed by atoms with Gasteiger partial charge >= 0.3 is 6.18 Å². The van der Waals surface area contributed by atoms with Crippen LogP contribution in [0.3, 0.4) is 0 Å². The predicted molar refractivity (Wildman–Crippen MR) is 112 cm³/mol. The van der Waals surface area contributed by atoms with E-state index >= 15 is 0 Å². The van der Waals surface area contributed by atoms with Crippen LogP contribution in [0.5, 0.6) is 0 Å². The third-order valence-electron chi connectivity index (χ3n) is 5.41. The fourth-order valence-corrected chi connectivity index (χ4v) is 3.76. The van der Waals surface area contributed by atoms with Gasteiger partial charge in [0.1, 0.15) is 0 Å². The fourth-order valence-electron chi connectivity index (χ4n) is 3.76. The first-order valence-corrected chi connectivity index (χ1v) is 10.4. The van der Waals surface area contributed by atoms with Crippen molar-refractivity contribution >= 4 is 5.69 Å². The zero-order chi connectivity index (χ0) is 21.6. The number of hydrogen-bond acceptors (Lipinski definition) is 4. The van der Waals surface area contributed by atoms with Crippen LogP contribution in [0.15, 0.2) is 54.6 Å². The number of aliphatic hydroxyl groups is 1. The van der Waals surface area contributed by atoms with Crippen LogP contribution in [-0.4, -0.2) is 55.4 Å². The maximum absolute atomic E-state index is 12.9. The van der Waals surface area contributed by atoms with Crippen LogP contribution in [0.4, 0.5) is 18.9 Å². The molecule has 1 aliphatic heterocycles. The van der Waals surface area contributed by atoms with Crippen molar-refractivity contribution < 1.29 is 23.0 Å². The standard InChI is InChI=1S/C23H29F3N2O2/c1-2-22(18-7-4-3-5-8-18)30-17-21(29)16-27-11-13-28(14-12-27)20-10-6-9-19(15-20)23(24,25)26/h3-10,15,21-22,29H,2,11-14,16-17H2,1H3. The summed E-state index contributed by atoms with van der Waals surface area (Å²) in [5, 5.41) is 10.4. The molecular weight excluding hydrogens is 393 g/mol. The Morgan fingerprint density at radius 1 is 1.00 bits per heavy atom. The summed E-state index contributed by atoms with van der Waals surface area (Å²) >= 11 is 0. The molecule has 2 atom stereocenters. The van der Waals surface area contributed by atoms with Gasteiger partial charge in [0, 0.05) is 38.4 Å². The summed E-state index contributed by atoms with van der Waals surface area (Å²) in [4.78, 5) is 4.08. The van der Waals surface area contributed by atoms with Gasteiger partial charge in [0.05, 0.1) is 24.4 Å². The number of aliphatic hydroxyl groups excluding tert-OH is 1. The number of ether oxygens (including phenoxy) is 1. The Bertz CT molecular complexity index is 778. The van der Waals surface area contributed by atoms with Crippen LogP contribution in [-0.2, 0) is 10.9 Å². The maximum Gasteiger partial charge on any atom is 0.416 e. The summed E-state index contributed by atoms with van der Waals surface area (Å²) in [5.41, 5.74) is 1.06. The molecule has 30 heavy (non-hydrogen) atoms. The van der Waals surface area contributed by atoms with Gasteiger partial charge in [-0.05, 0) is 30.2 Å². The van der Waals surface area contributed by atoms with E-state index in [1.165, 1.54) is 12.1 Å². The van der Waals surface area contributed by atoms with E-state index in [0.29, 0.717) is 38.4 Å². The van der Waals surface area contributed by atoms with E-state index < -0.39 is 17.8 Å². The van der Waals surface area contributed by atoms with E-state index in [1.807, 2.05) is 35.2 Å². The Hall–Kier alpha value is -2.09. The second-order valence-corrected chi connectivity index (χ2v) is 7.63. The van der Waals surface area contributed by atoms with E-state index in [-0.39, 0.29) is 12.7 Å². The molecule has 2 aromatic rings. The lowest BCUT2D eigenvalue weighted by Gasteiger charge is -2.37. The van der Waals surface area contributed by atoms with Crippen LogP contribution in [0.1, 0.15) is 30.6 Å². The van der Waals surface area contributed by atoms with Crippen LogP contribution >= 0.6 is 0 Å². The summed E-state index contributed by atoms with van der Waals surface area (Å²) in [6, 6.07) is 15.4. The number of halogens is 3. The average molecular weight is 422 g/mol. The lowest BCUT2D eigenvalue weighted by molar-refractivity contribution is -0.137. The quantitative estimate of drug-likeness (QED) is 0.686. The van der Waals surface area contributed by atoms with E-state index in [4.69, 9.17) is 4.74 Å². The van der Waals surface area contributed by atoms with Crippen molar-refractivity contribution in [2.45, 2.75) is 31.7 Å². The highest BCUT2D eigenvalue weighted by Gasteiger charge is 2.31. The third kappa shape index (κ3) is 6.20. The van der Waals surface area contributed by atoms with Crippen molar-refractivity contribution in [2.75, 3.05) is 44.2 Å². The van der Waals surface area contributed by atoms with Crippen molar-refractivity contribution in [1.82, 2.24) is 4.90 Å². The molecule has 1 heterocycles. The Labute approximate surface area is 175 Å². The monoisotopic (exact) mass is 422 g/mol. The van der Waals surface area contributed by atoms with Crippen molar-refractivity contribution in [3.8, 4) is 0 Å². The molecule has 1 fully saturated rings. The molecule has 3 rings (SSSR count). The Morgan fingerprint density at radius 2 is 1.70 bits per heavy atom. The SMILES string of the molecule is CCC(OCC(O)CN1CCN(c2cccc(C(F)(F)F)c2)CC1)c1ccccc1. The molecule has 0 saturated carbocycles. The highest BCUT2D eigenvalue weighted by Crippen LogP contribution is 2.32. The van der Waals surface area contributed by atoms with Gasteiger partial charge in [0.15, 0.2) is 0 Å². The minimum Gasteiger partial charge on any atom is -0.389 e. The second-order valence-electron chi connectivity index (χ2n) is 7.63. The molecule has 0 aliphatic carbocycles. The number of alkyl halides is 3. The topological polar surface area (TPSA) is 35.9 Å². The summed E-state index contributed by atoms with van der Waals surface area (Å²) in [6.07, 6.45) is -4.16. The number of β-amino-alcohol motifs (C(OH)–C–C–N with tert-alkyl or cyclic N) is 1. The van der Waals surface area contributed by atoms with Gasteiger partial charge in [-0.1, -0.05) is 43.3 Å². The molecule has 0 aromatic heterocycles. The van der Waals surface area contributed by atoms with Gasteiger partial charge in [-0.25, -0.2) is 0 Å². The van der Waals surface area contributed by atoms with Crippen molar-refractivity contribution in [3.63, 3.8) is 0 Å². The molecule has 164 valence electrons. The van der Waals surface area contributed by atoms with Crippen LogP contribution in [0, 0.1) is 0 Å². The minimum absolute atomic E-state index is 0.0430. The Kier molecular flexibility index (Phi) is 7.75. The zero-order valence-electron chi connectivity index (χ0n) is 17.2. The lowest BCUT2D eigenvalue weighted by atomic mass is 10.1. The van der Waals surface area contributed by atoms with Gasteiger partial charge in [0.25, 0.3) is 0 Å². The van der Waals surface area contributed by atoms with Crippen LogP contribution in [0.2, 0.25) is 0 Å². The molecular formula is C23H29F3N2O2. The van der Waals surface area contributed by atoms with Gasteiger partial charge < -0.3 is 14.7 Å². The first kappa shape index (κ1) is 22.6. The highest BCUT2D eigenvalue weighted by atomic mass is 19.4. The predicted octanol–water partition coefficient (Wildman–Crippen LogP) is 4.36. The normalized spacial score (nSPS) is 17.7. The summed E-state index contributed by atoms with van der Waals surface area (Å²) in [7, 11) is 0. The smallest absolute Gasteiger partial charge is 0.389 e. The number of anilines is 1. The first-order valence-electron chi connectivity index (χ1n) is 10.4. The summed E-state index contributed by atoms with van der Waals surface area (Å²) < 4.78 is 44.7. The highest BCUT2D eigenvalue weighted by molar-refractivity contribution is 5.49. The number of nitrogens with zero attached hydrogens (tertiary/aromatic N) is 2. The molecule has 0 radical (unpaired) electrons. The van der Waals surface area contributed by atoms with E-state index in [1.54, 1.807) is 6.07 Å². The molecule has 0 amide bonds. The van der Waals surface area contributed by atoms with Crippen molar-refractivity contribution in [2.24, 2.45) is 0 Å². The molecule has 2 aromatic carbocycles. The van der Waals surface area contributed by atoms with Crippen LogP contribution in [0.25, 0.3) is 0 Å². The van der Waals surface area contributed by atoms with Gasteiger partial charge in [-0.2, -0.15) is 13.2 Å². The molecule has 1 N–H and O–H groups in total. The third-order valence-corrected chi connectivity index (χ3v) is 5.41. The number of rotatable bonds is 8. The van der Waals surface area contributed by atoms with Gasteiger partial charge in [0.2, 0.25) is 0 Å². The number of piperazine rings is 1. The molecule has 4 nitrogen and oxygen atoms in total. The lowest BCUT2D eigenvalue weighted by Crippen LogP contribution is -2.49. The van der Waals surface area contributed by atoms with Gasteiger partial charge in [-0.15, -0.1) is 0 Å². The molecule has 1 aliphatic rings. The summed E-state index contributed by atoms with van der Waals surface area (Å²) in [6.45, 7) is 5.40. The van der Waals surface area contributed by atoms with E-state index in [0.717, 1.165) is 18.1 Å². The average Bonchev–Trinajstić information content (AvgIpc) is 2.75. The molecule has 0 bridgehead atoms. The van der Waals surface area contributed by atoms with Crippen LogP contribution < -0.4 is 4.90 Å².